The molecule has 8 heteroatoms. The van der Waals surface area contributed by atoms with E-state index in [0.717, 1.165) is 27.4 Å². The highest BCUT2D eigenvalue weighted by Gasteiger charge is 2.27. The van der Waals surface area contributed by atoms with E-state index in [1.807, 2.05) is 75.4 Å². The van der Waals surface area contributed by atoms with Gasteiger partial charge in [0.2, 0.25) is 5.91 Å². The lowest BCUT2D eigenvalue weighted by atomic mass is 9.98. The van der Waals surface area contributed by atoms with Crippen molar-refractivity contribution in [3.8, 4) is 17.0 Å². The number of aromatic nitrogens is 1. The van der Waals surface area contributed by atoms with Crippen LogP contribution in [0.5, 0.6) is 5.75 Å². The lowest BCUT2D eigenvalue weighted by Gasteiger charge is -2.22. The number of carbonyl (C=O) groups is 2. The van der Waals surface area contributed by atoms with Crippen LogP contribution in [0, 0.1) is 12.8 Å². The topological polar surface area (TPSA) is 89.5 Å². The number of thiazole rings is 1. The zero-order chi connectivity index (χ0) is 23.8. The number of nitrogens with zero attached hydrogens (tertiary/aromatic N) is 1. The molecule has 174 valence electrons. The minimum atomic E-state index is -0.744. The summed E-state index contributed by atoms with van der Waals surface area (Å²) in [4.78, 5) is 31.0. The molecule has 2 N–H and O–H groups in total. The first-order valence-corrected chi connectivity index (χ1v) is 11.6. The standard InChI is InChI=1S/C25H29N3O4S/c1-5-16(2)21(27-25(30)32-15-18-9-7-6-8-10-18)23(29)28-24-26-22(17(3)33-24)19-11-13-20(31-4)14-12-19/h6-14,16,21H,5,15H2,1-4H3,(H,27,30)(H,26,28,29)/t16-,21-/m0/s1. The molecule has 0 unspecified atom stereocenters. The van der Waals surface area contributed by atoms with Crippen molar-refractivity contribution in [2.24, 2.45) is 5.92 Å². The molecule has 2 atom stereocenters. The number of amides is 2. The summed E-state index contributed by atoms with van der Waals surface area (Å²) in [6.45, 7) is 5.98. The zero-order valence-corrected chi connectivity index (χ0v) is 20.1. The maximum Gasteiger partial charge on any atom is 0.408 e. The Bertz CT molecular complexity index is 1070. The van der Waals surface area contributed by atoms with E-state index in [1.165, 1.54) is 11.3 Å². The van der Waals surface area contributed by atoms with Crippen LogP contribution < -0.4 is 15.4 Å². The van der Waals surface area contributed by atoms with Gasteiger partial charge in [-0.3, -0.25) is 4.79 Å². The first-order valence-electron chi connectivity index (χ1n) is 10.8. The fraction of sp³-hybridized carbons (Fsp3) is 0.320. The number of aryl methyl sites for hydroxylation is 1. The van der Waals surface area contributed by atoms with Gasteiger partial charge in [-0.1, -0.05) is 50.6 Å². The second kappa shape index (κ2) is 11.5. The molecule has 2 aromatic carbocycles. The molecule has 2 amide bonds. The summed E-state index contributed by atoms with van der Waals surface area (Å²) in [5.41, 5.74) is 2.61. The minimum Gasteiger partial charge on any atom is -0.497 e. The van der Waals surface area contributed by atoms with Gasteiger partial charge in [0.25, 0.3) is 0 Å². The summed E-state index contributed by atoms with van der Waals surface area (Å²) in [5, 5.41) is 6.06. The van der Waals surface area contributed by atoms with Gasteiger partial charge in [0, 0.05) is 10.4 Å². The molecule has 3 aromatic rings. The van der Waals surface area contributed by atoms with Crippen molar-refractivity contribution in [3.05, 3.63) is 65.0 Å². The molecule has 0 saturated heterocycles. The van der Waals surface area contributed by atoms with Crippen molar-refractivity contribution < 1.29 is 19.1 Å². The number of nitrogens with one attached hydrogen (secondary N) is 2. The first-order chi connectivity index (χ1) is 15.9. The number of carbonyl (C=O) groups excluding carboxylic acids is 2. The Morgan fingerprint density at radius 1 is 1.09 bits per heavy atom. The molecule has 0 aliphatic rings. The third kappa shape index (κ3) is 6.55. The maximum atomic E-state index is 13.0. The Morgan fingerprint density at radius 3 is 2.42 bits per heavy atom. The molecule has 1 heterocycles. The summed E-state index contributed by atoms with van der Waals surface area (Å²) < 4.78 is 10.5. The van der Waals surface area contributed by atoms with Crippen LogP contribution in [0.25, 0.3) is 11.3 Å². The smallest absolute Gasteiger partial charge is 0.408 e. The highest BCUT2D eigenvalue weighted by atomic mass is 32.1. The second-order valence-electron chi connectivity index (χ2n) is 7.71. The summed E-state index contributed by atoms with van der Waals surface area (Å²) in [6.07, 6.45) is 0.0824. The van der Waals surface area contributed by atoms with Crippen molar-refractivity contribution in [2.75, 3.05) is 12.4 Å². The van der Waals surface area contributed by atoms with Gasteiger partial charge in [0.05, 0.1) is 12.8 Å². The average Bonchev–Trinajstić information content (AvgIpc) is 3.20. The molecule has 0 aliphatic carbocycles. The molecular formula is C25H29N3O4S. The fourth-order valence-corrected chi connectivity index (χ4v) is 4.08. The van der Waals surface area contributed by atoms with Crippen LogP contribution in [0.3, 0.4) is 0 Å². The van der Waals surface area contributed by atoms with E-state index in [0.29, 0.717) is 11.6 Å². The first kappa shape index (κ1) is 24.3. The van der Waals surface area contributed by atoms with Crippen LogP contribution in [0.1, 0.15) is 30.7 Å². The summed E-state index contributed by atoms with van der Waals surface area (Å²) >= 11 is 1.39. The van der Waals surface area contributed by atoms with Gasteiger partial charge in [-0.2, -0.15) is 0 Å². The van der Waals surface area contributed by atoms with Gasteiger partial charge < -0.3 is 20.1 Å². The van der Waals surface area contributed by atoms with E-state index in [2.05, 4.69) is 15.6 Å². The van der Waals surface area contributed by atoms with E-state index in [9.17, 15) is 9.59 Å². The van der Waals surface area contributed by atoms with Crippen molar-refractivity contribution in [2.45, 2.75) is 39.8 Å². The molecule has 1 aromatic heterocycles. The van der Waals surface area contributed by atoms with Crippen LogP contribution >= 0.6 is 11.3 Å². The van der Waals surface area contributed by atoms with E-state index in [-0.39, 0.29) is 18.4 Å². The van der Waals surface area contributed by atoms with Crippen molar-refractivity contribution in [3.63, 3.8) is 0 Å². The zero-order valence-electron chi connectivity index (χ0n) is 19.3. The monoisotopic (exact) mass is 467 g/mol. The van der Waals surface area contributed by atoms with Gasteiger partial charge >= 0.3 is 6.09 Å². The van der Waals surface area contributed by atoms with Crippen LogP contribution in [0.2, 0.25) is 0 Å². The Labute approximate surface area is 198 Å². The van der Waals surface area contributed by atoms with Crippen LogP contribution in [0.4, 0.5) is 9.93 Å². The van der Waals surface area contributed by atoms with E-state index < -0.39 is 12.1 Å². The Hall–Kier alpha value is -3.39. The van der Waals surface area contributed by atoms with Crippen LogP contribution in [0.15, 0.2) is 54.6 Å². The predicted octanol–water partition coefficient (Wildman–Crippen LogP) is 5.41. The number of methoxy groups -OCH3 is 1. The molecule has 0 fully saturated rings. The van der Waals surface area contributed by atoms with E-state index in [4.69, 9.17) is 9.47 Å². The number of hydrogen-bond donors (Lipinski definition) is 2. The third-order valence-corrected chi connectivity index (χ3v) is 6.26. The lowest BCUT2D eigenvalue weighted by Crippen LogP contribution is -2.47. The molecule has 3 rings (SSSR count). The van der Waals surface area contributed by atoms with E-state index in [1.54, 1.807) is 7.11 Å². The molecule has 0 spiro atoms. The molecular weight excluding hydrogens is 438 g/mol. The Kier molecular flexibility index (Phi) is 8.43. The Balaban J connectivity index is 1.66. The number of benzene rings is 2. The van der Waals surface area contributed by atoms with Crippen molar-refractivity contribution in [1.82, 2.24) is 10.3 Å². The summed E-state index contributed by atoms with van der Waals surface area (Å²) in [6, 6.07) is 16.3. The van der Waals surface area contributed by atoms with Crippen LogP contribution in [-0.4, -0.2) is 30.1 Å². The predicted molar refractivity (Wildman–Crippen MR) is 130 cm³/mol. The van der Waals surface area contributed by atoms with Gasteiger partial charge in [-0.15, -0.1) is 11.3 Å². The van der Waals surface area contributed by atoms with Gasteiger partial charge in [-0.05, 0) is 42.7 Å². The molecule has 33 heavy (non-hydrogen) atoms. The van der Waals surface area contributed by atoms with Crippen molar-refractivity contribution >= 4 is 28.5 Å². The van der Waals surface area contributed by atoms with Crippen LogP contribution in [-0.2, 0) is 16.1 Å². The minimum absolute atomic E-state index is 0.0867. The normalized spacial score (nSPS) is 12.5. The van der Waals surface area contributed by atoms with Gasteiger partial charge in [-0.25, -0.2) is 9.78 Å². The second-order valence-corrected chi connectivity index (χ2v) is 8.91. The summed E-state index contributed by atoms with van der Waals surface area (Å²) in [7, 11) is 1.62. The summed E-state index contributed by atoms with van der Waals surface area (Å²) in [5.74, 6) is 0.356. The number of ether oxygens (including phenoxy) is 2. The highest BCUT2D eigenvalue weighted by Crippen LogP contribution is 2.31. The maximum absolute atomic E-state index is 13.0. The van der Waals surface area contributed by atoms with E-state index >= 15 is 0 Å². The van der Waals surface area contributed by atoms with Gasteiger partial charge in [0.15, 0.2) is 5.13 Å². The quantitative estimate of drug-likeness (QED) is 0.439. The molecule has 0 radical (unpaired) electrons. The molecule has 0 bridgehead atoms. The highest BCUT2D eigenvalue weighted by molar-refractivity contribution is 7.16. The fourth-order valence-electron chi connectivity index (χ4n) is 3.24. The Morgan fingerprint density at radius 2 is 1.79 bits per heavy atom. The van der Waals surface area contributed by atoms with Gasteiger partial charge in [0.1, 0.15) is 18.4 Å². The van der Waals surface area contributed by atoms with Crippen molar-refractivity contribution in [1.29, 1.82) is 0 Å². The lowest BCUT2D eigenvalue weighted by molar-refractivity contribution is -0.119. The number of rotatable bonds is 9. The largest absolute Gasteiger partial charge is 0.497 e. The average molecular weight is 468 g/mol. The molecule has 0 saturated carbocycles. The number of alkyl carbamates (subject to hydrolysis) is 1. The SMILES string of the molecule is CC[C@H](C)[C@H](NC(=O)OCc1ccccc1)C(=O)Nc1nc(-c2ccc(OC)cc2)c(C)s1. The molecule has 7 nitrogen and oxygen atoms in total. The third-order valence-electron chi connectivity index (χ3n) is 5.37. The number of hydrogen-bond acceptors (Lipinski definition) is 6. The molecule has 0 aliphatic heterocycles. The number of anilines is 1.